The van der Waals surface area contributed by atoms with Gasteiger partial charge in [-0.1, -0.05) is 12.1 Å². The highest BCUT2D eigenvalue weighted by Crippen LogP contribution is 2.33. The topological polar surface area (TPSA) is 3.24 Å². The number of hydrogen-bond donors (Lipinski definition) is 0. The highest BCUT2D eigenvalue weighted by Gasteiger charge is 2.31. The van der Waals surface area contributed by atoms with Crippen LogP contribution in [0.15, 0.2) is 36.4 Å². The third kappa shape index (κ3) is 2.96. The molecule has 0 atom stereocenters. The van der Waals surface area contributed by atoms with E-state index in [-0.39, 0.29) is 0 Å². The van der Waals surface area contributed by atoms with Crippen LogP contribution in [0.4, 0.5) is 18.9 Å². The van der Waals surface area contributed by atoms with E-state index in [0.717, 1.165) is 23.4 Å². The molecule has 0 saturated carbocycles. The van der Waals surface area contributed by atoms with Crippen LogP contribution in [0.25, 0.3) is 0 Å². The van der Waals surface area contributed by atoms with Crippen LogP contribution in [0.5, 0.6) is 0 Å². The van der Waals surface area contributed by atoms with E-state index in [2.05, 4.69) is 36.9 Å². The number of alkyl halides is 3. The van der Waals surface area contributed by atoms with Gasteiger partial charge in [-0.15, -0.1) is 0 Å². The van der Waals surface area contributed by atoms with Crippen molar-refractivity contribution < 1.29 is 13.2 Å². The van der Waals surface area contributed by atoms with Crippen LogP contribution in [0.1, 0.15) is 27.8 Å². The van der Waals surface area contributed by atoms with Gasteiger partial charge in [-0.25, -0.2) is 0 Å². The number of anilines is 1. The lowest BCUT2D eigenvalue weighted by atomic mass is 9.96. The molecule has 0 fully saturated rings. The Kier molecular flexibility index (Phi) is 3.63. The third-order valence-electron chi connectivity index (χ3n) is 4.12. The normalized spacial score (nSPS) is 14.9. The Morgan fingerprint density at radius 3 is 2.23 bits per heavy atom. The predicted octanol–water partition coefficient (Wildman–Crippen LogP) is 4.88. The standard InChI is InChI=1S/C18H18F3N/c1-12-7-13(2)9-17(8-12)22-6-5-14-10-16(18(19,20)21)4-3-15(14)11-22/h3-4,7-10H,5-6,11H2,1-2H3. The average molecular weight is 305 g/mol. The van der Waals surface area contributed by atoms with Gasteiger partial charge in [0, 0.05) is 18.8 Å². The fourth-order valence-corrected chi connectivity index (χ4v) is 3.08. The summed E-state index contributed by atoms with van der Waals surface area (Å²) in [6.07, 6.45) is -3.62. The van der Waals surface area contributed by atoms with E-state index >= 15 is 0 Å². The summed E-state index contributed by atoms with van der Waals surface area (Å²) in [5.74, 6) is 0. The molecule has 1 aliphatic rings. The van der Waals surface area contributed by atoms with Gasteiger partial charge in [0.05, 0.1) is 5.56 Å². The van der Waals surface area contributed by atoms with Gasteiger partial charge in [-0.2, -0.15) is 13.2 Å². The van der Waals surface area contributed by atoms with Crippen molar-refractivity contribution in [3.05, 3.63) is 64.2 Å². The Labute approximate surface area is 128 Å². The Morgan fingerprint density at radius 1 is 0.909 bits per heavy atom. The van der Waals surface area contributed by atoms with E-state index in [1.54, 1.807) is 6.07 Å². The lowest BCUT2D eigenvalue weighted by Crippen LogP contribution is -2.30. The van der Waals surface area contributed by atoms with Crippen molar-refractivity contribution in [2.75, 3.05) is 11.4 Å². The summed E-state index contributed by atoms with van der Waals surface area (Å²) in [5.41, 5.74) is 4.80. The first kappa shape index (κ1) is 14.9. The highest BCUT2D eigenvalue weighted by molar-refractivity contribution is 5.53. The molecular weight excluding hydrogens is 287 g/mol. The molecule has 3 rings (SSSR count). The summed E-state index contributed by atoms with van der Waals surface area (Å²) < 4.78 is 38.3. The monoisotopic (exact) mass is 305 g/mol. The molecule has 0 saturated heterocycles. The molecule has 1 aliphatic heterocycles. The molecule has 0 N–H and O–H groups in total. The molecule has 22 heavy (non-hydrogen) atoms. The second-order valence-corrected chi connectivity index (χ2v) is 6.00. The van der Waals surface area contributed by atoms with Crippen molar-refractivity contribution in [3.8, 4) is 0 Å². The van der Waals surface area contributed by atoms with Gasteiger partial charge >= 0.3 is 6.18 Å². The molecule has 1 heterocycles. The van der Waals surface area contributed by atoms with Crippen LogP contribution in [0, 0.1) is 13.8 Å². The first-order valence-corrected chi connectivity index (χ1v) is 7.35. The SMILES string of the molecule is Cc1cc(C)cc(N2CCc3cc(C(F)(F)F)ccc3C2)c1. The van der Waals surface area contributed by atoms with Gasteiger partial charge in [-0.3, -0.25) is 0 Å². The van der Waals surface area contributed by atoms with Crippen molar-refractivity contribution in [2.45, 2.75) is 33.0 Å². The molecule has 0 amide bonds. The number of fused-ring (bicyclic) bond motifs is 1. The van der Waals surface area contributed by atoms with Crippen molar-refractivity contribution in [2.24, 2.45) is 0 Å². The smallest absolute Gasteiger partial charge is 0.367 e. The number of benzene rings is 2. The summed E-state index contributed by atoms with van der Waals surface area (Å²) >= 11 is 0. The second-order valence-electron chi connectivity index (χ2n) is 6.00. The number of hydrogen-bond acceptors (Lipinski definition) is 1. The van der Waals surface area contributed by atoms with Crippen LogP contribution < -0.4 is 4.90 Å². The first-order valence-electron chi connectivity index (χ1n) is 7.35. The summed E-state index contributed by atoms with van der Waals surface area (Å²) in [4.78, 5) is 2.23. The van der Waals surface area contributed by atoms with Gasteiger partial charge in [0.1, 0.15) is 0 Å². The van der Waals surface area contributed by atoms with Crippen LogP contribution in [0.3, 0.4) is 0 Å². The highest BCUT2D eigenvalue weighted by atomic mass is 19.4. The molecule has 0 radical (unpaired) electrons. The van der Waals surface area contributed by atoms with Gasteiger partial charge in [0.2, 0.25) is 0 Å². The number of aryl methyl sites for hydroxylation is 2. The van der Waals surface area contributed by atoms with Crippen molar-refractivity contribution in [1.29, 1.82) is 0 Å². The quantitative estimate of drug-likeness (QED) is 0.725. The van der Waals surface area contributed by atoms with Gasteiger partial charge in [0.15, 0.2) is 0 Å². The Bertz CT molecular complexity index is 684. The van der Waals surface area contributed by atoms with Crippen molar-refractivity contribution in [3.63, 3.8) is 0 Å². The molecule has 1 nitrogen and oxygen atoms in total. The largest absolute Gasteiger partial charge is 0.416 e. The van der Waals surface area contributed by atoms with E-state index in [1.807, 2.05) is 0 Å². The van der Waals surface area contributed by atoms with Crippen LogP contribution in [-0.2, 0) is 19.1 Å². The average Bonchev–Trinajstić information content (AvgIpc) is 2.44. The number of nitrogens with zero attached hydrogens (tertiary/aromatic N) is 1. The van der Waals surface area contributed by atoms with Crippen LogP contribution >= 0.6 is 0 Å². The summed E-state index contributed by atoms with van der Waals surface area (Å²) in [7, 11) is 0. The fourth-order valence-electron chi connectivity index (χ4n) is 3.08. The summed E-state index contributed by atoms with van der Waals surface area (Å²) in [5, 5.41) is 0. The molecular formula is C18H18F3N. The zero-order chi connectivity index (χ0) is 15.9. The fraction of sp³-hybridized carbons (Fsp3) is 0.333. The first-order chi connectivity index (χ1) is 10.3. The lowest BCUT2D eigenvalue weighted by molar-refractivity contribution is -0.137. The minimum absolute atomic E-state index is 0.550. The molecule has 4 heteroatoms. The minimum atomic E-state index is -4.26. The zero-order valence-electron chi connectivity index (χ0n) is 12.7. The van der Waals surface area contributed by atoms with Gasteiger partial charge in [-0.05, 0) is 66.8 Å². The predicted molar refractivity (Wildman–Crippen MR) is 82.1 cm³/mol. The van der Waals surface area contributed by atoms with Crippen LogP contribution in [-0.4, -0.2) is 6.54 Å². The summed E-state index contributed by atoms with van der Waals surface area (Å²) in [6, 6.07) is 10.5. The molecule has 0 aromatic heterocycles. The maximum absolute atomic E-state index is 12.8. The lowest BCUT2D eigenvalue weighted by Gasteiger charge is -2.31. The van der Waals surface area contributed by atoms with E-state index in [9.17, 15) is 13.2 Å². The third-order valence-corrected chi connectivity index (χ3v) is 4.12. The Morgan fingerprint density at radius 2 is 1.59 bits per heavy atom. The Balaban J connectivity index is 1.88. The maximum atomic E-state index is 12.8. The van der Waals surface area contributed by atoms with E-state index in [4.69, 9.17) is 0 Å². The van der Waals surface area contributed by atoms with Crippen molar-refractivity contribution >= 4 is 5.69 Å². The van der Waals surface area contributed by atoms with Crippen LogP contribution in [0.2, 0.25) is 0 Å². The van der Waals surface area contributed by atoms with E-state index in [0.29, 0.717) is 13.0 Å². The number of halogens is 3. The molecule has 0 bridgehead atoms. The van der Waals surface area contributed by atoms with Gasteiger partial charge in [0.25, 0.3) is 0 Å². The minimum Gasteiger partial charge on any atom is -0.367 e. The maximum Gasteiger partial charge on any atom is 0.416 e. The summed E-state index contributed by atoms with van der Waals surface area (Å²) in [6.45, 7) is 5.53. The second kappa shape index (κ2) is 5.34. The zero-order valence-corrected chi connectivity index (χ0v) is 12.7. The molecule has 0 aliphatic carbocycles. The molecule has 116 valence electrons. The Hall–Kier alpha value is -1.97. The van der Waals surface area contributed by atoms with Gasteiger partial charge < -0.3 is 4.90 Å². The van der Waals surface area contributed by atoms with Crippen molar-refractivity contribution in [1.82, 2.24) is 0 Å². The van der Waals surface area contributed by atoms with E-state index < -0.39 is 11.7 Å². The van der Waals surface area contributed by atoms with E-state index in [1.165, 1.54) is 23.3 Å². The number of rotatable bonds is 1. The molecule has 2 aromatic rings. The molecule has 0 spiro atoms. The molecule has 2 aromatic carbocycles. The molecule has 0 unspecified atom stereocenters.